The summed E-state index contributed by atoms with van der Waals surface area (Å²) in [5.41, 5.74) is 2.63. The number of dihydropyridines is 1. The molecule has 0 bridgehead atoms. The summed E-state index contributed by atoms with van der Waals surface area (Å²) >= 11 is 0. The number of allylic oxidation sites excluding steroid dienone is 2. The number of nitrogens with one attached hydrogen (secondary N) is 1. The highest BCUT2D eigenvalue weighted by Gasteiger charge is 2.38. The molecule has 0 amide bonds. The van der Waals surface area contributed by atoms with Gasteiger partial charge < -0.3 is 14.8 Å². The maximum absolute atomic E-state index is 12.3. The van der Waals surface area contributed by atoms with E-state index in [1.165, 1.54) is 14.2 Å². The molecule has 0 saturated carbocycles. The molecule has 1 aromatic carbocycles. The molecule has 1 aliphatic heterocycles. The van der Waals surface area contributed by atoms with E-state index in [0.29, 0.717) is 28.8 Å². The molecule has 24 heavy (non-hydrogen) atoms. The summed E-state index contributed by atoms with van der Waals surface area (Å²) in [6, 6.07) is 6.82. The molecule has 6 nitrogen and oxygen atoms in total. The van der Waals surface area contributed by atoms with Crippen molar-refractivity contribution in [3.05, 3.63) is 57.9 Å². The summed E-state index contributed by atoms with van der Waals surface area (Å²) in [4.78, 5) is 36.1. The smallest absolute Gasteiger partial charge is 0.336 e. The first-order valence-corrected chi connectivity index (χ1v) is 7.35. The molecule has 0 unspecified atom stereocenters. The first-order valence-electron chi connectivity index (χ1n) is 7.35. The van der Waals surface area contributed by atoms with Crippen LogP contribution in [0.1, 0.15) is 35.7 Å². The molecule has 2 rings (SSSR count). The third kappa shape index (κ3) is 2.95. The van der Waals surface area contributed by atoms with Gasteiger partial charge in [0.15, 0.2) is 0 Å². The number of benzene rings is 1. The van der Waals surface area contributed by atoms with Gasteiger partial charge in [0.2, 0.25) is 0 Å². The summed E-state index contributed by atoms with van der Waals surface area (Å²) in [5, 5.41) is 3.02. The molecule has 0 radical (unpaired) electrons. The van der Waals surface area contributed by atoms with Gasteiger partial charge in [-0.05, 0) is 19.4 Å². The minimum absolute atomic E-state index is 0.276. The SMILES string of the molecule is COC(=O)C1=C(C)NC(C)=C(C(=O)OC)C1c1ccccc1C=O. The zero-order valence-electron chi connectivity index (χ0n) is 14.0. The number of ether oxygens (including phenoxy) is 2. The van der Waals surface area contributed by atoms with Crippen LogP contribution in [0.15, 0.2) is 46.8 Å². The minimum atomic E-state index is -0.743. The maximum Gasteiger partial charge on any atom is 0.336 e. The fourth-order valence-electron chi connectivity index (χ4n) is 2.95. The van der Waals surface area contributed by atoms with Gasteiger partial charge in [-0.2, -0.15) is 0 Å². The fraction of sp³-hybridized carbons (Fsp3) is 0.278. The Hall–Kier alpha value is -2.89. The Labute approximate surface area is 140 Å². The molecular weight excluding hydrogens is 310 g/mol. The largest absolute Gasteiger partial charge is 0.466 e. The topological polar surface area (TPSA) is 81.7 Å². The van der Waals surface area contributed by atoms with E-state index in [9.17, 15) is 14.4 Å². The molecular formula is C18H19NO5. The fourth-order valence-corrected chi connectivity index (χ4v) is 2.95. The molecule has 1 N–H and O–H groups in total. The van der Waals surface area contributed by atoms with Crippen molar-refractivity contribution in [3.8, 4) is 0 Å². The predicted octanol–water partition coefficient (Wildman–Crippen LogP) is 2.08. The molecule has 0 aliphatic carbocycles. The van der Waals surface area contributed by atoms with E-state index < -0.39 is 17.9 Å². The molecule has 6 heteroatoms. The van der Waals surface area contributed by atoms with E-state index >= 15 is 0 Å². The van der Waals surface area contributed by atoms with Crippen LogP contribution in [0.4, 0.5) is 0 Å². The molecule has 0 fully saturated rings. The molecule has 1 aliphatic rings. The van der Waals surface area contributed by atoms with Crippen LogP contribution in [0.5, 0.6) is 0 Å². The number of hydrogen-bond acceptors (Lipinski definition) is 6. The van der Waals surface area contributed by atoms with Gasteiger partial charge in [-0.1, -0.05) is 24.3 Å². The van der Waals surface area contributed by atoms with Gasteiger partial charge in [0.1, 0.15) is 6.29 Å². The second-order valence-corrected chi connectivity index (χ2v) is 5.37. The summed E-state index contributed by atoms with van der Waals surface area (Å²) in [7, 11) is 2.54. The van der Waals surface area contributed by atoms with Crippen LogP contribution in [-0.2, 0) is 19.1 Å². The summed E-state index contributed by atoms with van der Waals surface area (Å²) in [5.74, 6) is -1.88. The van der Waals surface area contributed by atoms with Gasteiger partial charge >= 0.3 is 11.9 Å². The molecule has 1 aromatic rings. The molecule has 126 valence electrons. The van der Waals surface area contributed by atoms with Crippen molar-refractivity contribution in [1.82, 2.24) is 5.32 Å². The highest BCUT2D eigenvalue weighted by atomic mass is 16.5. The van der Waals surface area contributed by atoms with Crippen molar-refractivity contribution >= 4 is 18.2 Å². The van der Waals surface area contributed by atoms with Crippen molar-refractivity contribution in [1.29, 1.82) is 0 Å². The number of esters is 2. The van der Waals surface area contributed by atoms with E-state index in [0.717, 1.165) is 0 Å². The standard InChI is InChI=1S/C18H19NO5/c1-10-14(17(21)23-3)16(13-8-6-5-7-12(13)9-20)15(11(2)19-10)18(22)24-4/h5-9,16,19H,1-4H3. The normalized spacial score (nSPS) is 15.0. The lowest BCUT2D eigenvalue weighted by Gasteiger charge is -2.30. The summed E-state index contributed by atoms with van der Waals surface area (Å²) in [6.07, 6.45) is 0.700. The minimum Gasteiger partial charge on any atom is -0.466 e. The Morgan fingerprint density at radius 1 is 1.00 bits per heavy atom. The average Bonchev–Trinajstić information content (AvgIpc) is 2.59. The van der Waals surface area contributed by atoms with Gasteiger partial charge in [-0.3, -0.25) is 4.79 Å². The monoisotopic (exact) mass is 329 g/mol. The number of rotatable bonds is 4. The summed E-state index contributed by atoms with van der Waals surface area (Å²) in [6.45, 7) is 3.45. The Morgan fingerprint density at radius 2 is 1.50 bits per heavy atom. The van der Waals surface area contributed by atoms with Crippen molar-refractivity contribution in [2.45, 2.75) is 19.8 Å². The molecule has 0 spiro atoms. The van der Waals surface area contributed by atoms with Crippen molar-refractivity contribution in [2.75, 3.05) is 14.2 Å². The number of carbonyl (C=O) groups excluding carboxylic acids is 3. The molecule has 1 heterocycles. The van der Waals surface area contributed by atoms with Crippen LogP contribution in [0, 0.1) is 0 Å². The molecule has 0 atom stereocenters. The van der Waals surface area contributed by atoms with Crippen molar-refractivity contribution < 1.29 is 23.9 Å². The van der Waals surface area contributed by atoms with E-state index in [2.05, 4.69) is 5.32 Å². The zero-order chi connectivity index (χ0) is 17.9. The van der Waals surface area contributed by atoms with Gasteiger partial charge in [0, 0.05) is 17.0 Å². The van der Waals surface area contributed by atoms with Gasteiger partial charge in [-0.25, -0.2) is 9.59 Å². The zero-order valence-corrected chi connectivity index (χ0v) is 14.0. The first kappa shape index (κ1) is 17.5. The Bertz CT molecular complexity index is 722. The van der Waals surface area contributed by atoms with Crippen LogP contribution >= 0.6 is 0 Å². The van der Waals surface area contributed by atoms with Gasteiger partial charge in [0.25, 0.3) is 0 Å². The van der Waals surface area contributed by atoms with Crippen LogP contribution in [0.3, 0.4) is 0 Å². The van der Waals surface area contributed by atoms with Crippen molar-refractivity contribution in [3.63, 3.8) is 0 Å². The van der Waals surface area contributed by atoms with Gasteiger partial charge in [0.05, 0.1) is 31.3 Å². The number of methoxy groups -OCH3 is 2. The van der Waals surface area contributed by atoms with E-state index in [-0.39, 0.29) is 11.1 Å². The number of carbonyl (C=O) groups is 3. The highest BCUT2D eigenvalue weighted by molar-refractivity contribution is 6.00. The number of aldehydes is 1. The Kier molecular flexibility index (Phi) is 5.18. The first-order chi connectivity index (χ1) is 11.5. The average molecular weight is 329 g/mol. The second kappa shape index (κ2) is 7.12. The van der Waals surface area contributed by atoms with Crippen LogP contribution < -0.4 is 5.32 Å². The highest BCUT2D eigenvalue weighted by Crippen LogP contribution is 2.40. The lowest BCUT2D eigenvalue weighted by Crippen LogP contribution is -2.32. The number of hydrogen-bond donors (Lipinski definition) is 1. The summed E-state index contributed by atoms with van der Waals surface area (Å²) < 4.78 is 9.76. The molecule has 0 saturated heterocycles. The van der Waals surface area contributed by atoms with Crippen LogP contribution in [0.2, 0.25) is 0 Å². The quantitative estimate of drug-likeness (QED) is 0.673. The van der Waals surface area contributed by atoms with Crippen LogP contribution in [-0.4, -0.2) is 32.4 Å². The van der Waals surface area contributed by atoms with Gasteiger partial charge in [-0.15, -0.1) is 0 Å². The lowest BCUT2D eigenvalue weighted by atomic mass is 9.79. The van der Waals surface area contributed by atoms with E-state index in [1.54, 1.807) is 38.1 Å². The van der Waals surface area contributed by atoms with E-state index in [1.807, 2.05) is 0 Å². The Balaban J connectivity index is 2.77. The Morgan fingerprint density at radius 3 is 1.96 bits per heavy atom. The molecule has 0 aromatic heterocycles. The third-order valence-corrected chi connectivity index (χ3v) is 4.00. The van der Waals surface area contributed by atoms with E-state index in [4.69, 9.17) is 9.47 Å². The third-order valence-electron chi connectivity index (χ3n) is 4.00. The predicted molar refractivity (Wildman–Crippen MR) is 87.1 cm³/mol. The van der Waals surface area contributed by atoms with Crippen molar-refractivity contribution in [2.24, 2.45) is 0 Å². The lowest BCUT2D eigenvalue weighted by molar-refractivity contribution is -0.137. The maximum atomic E-state index is 12.3. The second-order valence-electron chi connectivity index (χ2n) is 5.37. The van der Waals surface area contributed by atoms with Crippen LogP contribution in [0.25, 0.3) is 0 Å².